The molecule has 0 amide bonds. The molecule has 0 saturated carbocycles. The van der Waals surface area contributed by atoms with Gasteiger partial charge in [-0.2, -0.15) is 4.98 Å². The third-order valence-electron chi connectivity index (χ3n) is 2.30. The second-order valence-corrected chi connectivity index (χ2v) is 4.64. The molecule has 8 heteroatoms. The summed E-state index contributed by atoms with van der Waals surface area (Å²) in [6.45, 7) is 0.207. The zero-order valence-corrected chi connectivity index (χ0v) is 10.0. The number of nitrogens with zero attached hydrogens (tertiary/aromatic N) is 3. The fourth-order valence-electron chi connectivity index (χ4n) is 1.52. The molecule has 0 aromatic carbocycles. The molecule has 6 nitrogen and oxygen atoms in total. The first-order chi connectivity index (χ1) is 8.25. The second-order valence-electron chi connectivity index (χ2n) is 3.33. The zero-order valence-electron chi connectivity index (χ0n) is 8.41. The van der Waals surface area contributed by atoms with E-state index in [-0.39, 0.29) is 12.1 Å². The number of nitrogens with one attached hydrogen (secondary N) is 1. The number of aromatic nitrogens is 4. The summed E-state index contributed by atoms with van der Waals surface area (Å²) in [5, 5.41) is 5.50. The molecule has 0 saturated heterocycles. The topological polar surface area (TPSA) is 76.7 Å². The minimum Gasteiger partial charge on any atom is -0.343 e. The predicted molar refractivity (Wildman–Crippen MR) is 64.7 cm³/mol. The maximum absolute atomic E-state index is 12.1. The second kappa shape index (κ2) is 3.90. The normalized spacial score (nSPS) is 11.1. The van der Waals surface area contributed by atoms with E-state index < -0.39 is 0 Å². The molecule has 86 valence electrons. The maximum Gasteiger partial charge on any atom is 0.272 e. The first-order valence-electron chi connectivity index (χ1n) is 4.71. The standard InChI is InChI=1S/C9H6N4O2S2/c14-8-7-5(1-2-17-7)11-9(16)13(8)3-6-10-4-15-12-6/h1-2,4H,3H2,(H,11,16). The van der Waals surface area contributed by atoms with Crippen molar-refractivity contribution >= 4 is 33.8 Å². The largest absolute Gasteiger partial charge is 0.343 e. The Morgan fingerprint density at radius 1 is 1.59 bits per heavy atom. The molecular weight excluding hydrogens is 260 g/mol. The molecular formula is C9H6N4O2S2. The molecule has 1 N–H and O–H groups in total. The van der Waals surface area contributed by atoms with Crippen molar-refractivity contribution < 1.29 is 4.52 Å². The average molecular weight is 266 g/mol. The van der Waals surface area contributed by atoms with Crippen molar-refractivity contribution in [1.29, 1.82) is 0 Å². The van der Waals surface area contributed by atoms with Crippen molar-refractivity contribution in [1.82, 2.24) is 19.7 Å². The molecule has 0 bridgehead atoms. The Labute approximate surface area is 104 Å². The lowest BCUT2D eigenvalue weighted by Gasteiger charge is -2.02. The fourth-order valence-corrected chi connectivity index (χ4v) is 2.57. The Kier molecular flexibility index (Phi) is 2.37. The van der Waals surface area contributed by atoms with E-state index >= 15 is 0 Å². The van der Waals surface area contributed by atoms with Crippen LogP contribution >= 0.6 is 23.6 Å². The van der Waals surface area contributed by atoms with Crippen LogP contribution in [0.5, 0.6) is 0 Å². The highest BCUT2D eigenvalue weighted by Crippen LogP contribution is 2.14. The lowest BCUT2D eigenvalue weighted by Crippen LogP contribution is -2.22. The van der Waals surface area contributed by atoms with Crippen molar-refractivity contribution in [3.63, 3.8) is 0 Å². The molecule has 0 spiro atoms. The van der Waals surface area contributed by atoms with Crippen LogP contribution < -0.4 is 5.56 Å². The molecule has 0 fully saturated rings. The van der Waals surface area contributed by atoms with Gasteiger partial charge in [0.05, 0.1) is 12.1 Å². The van der Waals surface area contributed by atoms with Crippen LogP contribution in [0.25, 0.3) is 10.2 Å². The fraction of sp³-hybridized carbons (Fsp3) is 0.111. The third kappa shape index (κ3) is 1.71. The van der Waals surface area contributed by atoms with E-state index in [4.69, 9.17) is 12.2 Å². The number of hydrogen-bond acceptors (Lipinski definition) is 6. The summed E-state index contributed by atoms with van der Waals surface area (Å²) >= 11 is 6.51. The SMILES string of the molecule is O=c1c2sccc2[nH]c(=S)n1Cc1ncon1. The van der Waals surface area contributed by atoms with Gasteiger partial charge in [-0.05, 0) is 23.7 Å². The lowest BCUT2D eigenvalue weighted by atomic mass is 10.4. The highest BCUT2D eigenvalue weighted by Gasteiger charge is 2.09. The average Bonchev–Trinajstić information content (AvgIpc) is 2.94. The van der Waals surface area contributed by atoms with Gasteiger partial charge in [-0.1, -0.05) is 5.16 Å². The molecule has 3 heterocycles. The van der Waals surface area contributed by atoms with Crippen LogP contribution in [0.15, 0.2) is 27.2 Å². The van der Waals surface area contributed by atoms with Crippen molar-refractivity contribution in [2.45, 2.75) is 6.54 Å². The summed E-state index contributed by atoms with van der Waals surface area (Å²) in [6.07, 6.45) is 1.22. The van der Waals surface area contributed by atoms with Crippen molar-refractivity contribution in [2.75, 3.05) is 0 Å². The predicted octanol–water partition coefficient (Wildman–Crippen LogP) is 1.55. The molecule has 0 atom stereocenters. The monoisotopic (exact) mass is 266 g/mol. The van der Waals surface area contributed by atoms with E-state index in [0.717, 1.165) is 5.52 Å². The van der Waals surface area contributed by atoms with Gasteiger partial charge in [0.25, 0.3) is 5.56 Å². The Morgan fingerprint density at radius 3 is 3.24 bits per heavy atom. The number of rotatable bonds is 2. The summed E-state index contributed by atoms with van der Waals surface area (Å²) in [6, 6.07) is 1.83. The van der Waals surface area contributed by atoms with Crippen LogP contribution in [0.3, 0.4) is 0 Å². The summed E-state index contributed by atoms with van der Waals surface area (Å²) in [7, 11) is 0. The molecule has 3 rings (SSSR count). The smallest absolute Gasteiger partial charge is 0.272 e. The number of thiophene rings is 1. The first-order valence-corrected chi connectivity index (χ1v) is 6.00. The van der Waals surface area contributed by atoms with Gasteiger partial charge in [-0.25, -0.2) is 0 Å². The van der Waals surface area contributed by atoms with E-state index in [1.807, 2.05) is 11.4 Å². The van der Waals surface area contributed by atoms with E-state index in [2.05, 4.69) is 19.6 Å². The van der Waals surface area contributed by atoms with E-state index in [1.54, 1.807) is 0 Å². The third-order valence-corrected chi connectivity index (χ3v) is 3.52. The van der Waals surface area contributed by atoms with Gasteiger partial charge in [-0.3, -0.25) is 9.36 Å². The minimum absolute atomic E-state index is 0.136. The van der Waals surface area contributed by atoms with Crippen LogP contribution in [-0.2, 0) is 6.54 Å². The van der Waals surface area contributed by atoms with Gasteiger partial charge in [-0.15, -0.1) is 11.3 Å². The Bertz CT molecular complexity index is 768. The molecule has 3 aromatic heterocycles. The number of hydrogen-bond donors (Lipinski definition) is 1. The quantitative estimate of drug-likeness (QED) is 0.712. The summed E-state index contributed by atoms with van der Waals surface area (Å²) in [4.78, 5) is 19.0. The summed E-state index contributed by atoms with van der Waals surface area (Å²) in [5.74, 6) is 0.419. The van der Waals surface area contributed by atoms with Gasteiger partial charge >= 0.3 is 0 Å². The first kappa shape index (κ1) is 10.4. The lowest BCUT2D eigenvalue weighted by molar-refractivity contribution is 0.407. The van der Waals surface area contributed by atoms with Crippen LogP contribution in [0.2, 0.25) is 0 Å². The van der Waals surface area contributed by atoms with E-state index in [1.165, 1.54) is 22.3 Å². The van der Waals surface area contributed by atoms with Crippen molar-refractivity contribution in [2.24, 2.45) is 0 Å². The zero-order chi connectivity index (χ0) is 11.8. The maximum atomic E-state index is 12.1. The van der Waals surface area contributed by atoms with Crippen LogP contribution in [-0.4, -0.2) is 19.7 Å². The van der Waals surface area contributed by atoms with E-state index in [9.17, 15) is 4.79 Å². The van der Waals surface area contributed by atoms with Gasteiger partial charge in [0.15, 0.2) is 10.6 Å². The van der Waals surface area contributed by atoms with Gasteiger partial charge in [0.1, 0.15) is 4.70 Å². The highest BCUT2D eigenvalue weighted by atomic mass is 32.1. The highest BCUT2D eigenvalue weighted by molar-refractivity contribution is 7.71. The molecule has 0 aliphatic heterocycles. The molecule has 17 heavy (non-hydrogen) atoms. The molecule has 0 aliphatic carbocycles. The van der Waals surface area contributed by atoms with Crippen LogP contribution in [0.1, 0.15) is 5.82 Å². The minimum atomic E-state index is -0.136. The van der Waals surface area contributed by atoms with Gasteiger partial charge < -0.3 is 9.51 Å². The molecule has 0 radical (unpaired) electrons. The van der Waals surface area contributed by atoms with Crippen molar-refractivity contribution in [3.05, 3.63) is 38.8 Å². The summed E-state index contributed by atoms with van der Waals surface area (Å²) < 4.78 is 7.03. The van der Waals surface area contributed by atoms with Gasteiger partial charge in [0.2, 0.25) is 6.39 Å². The Balaban J connectivity index is 2.22. The van der Waals surface area contributed by atoms with Gasteiger partial charge in [0, 0.05) is 0 Å². The molecule has 3 aromatic rings. The molecule has 0 aliphatic rings. The Morgan fingerprint density at radius 2 is 2.47 bits per heavy atom. The van der Waals surface area contributed by atoms with Crippen LogP contribution in [0, 0.1) is 4.77 Å². The molecule has 0 unspecified atom stereocenters. The number of H-pyrrole nitrogens is 1. The number of aromatic amines is 1. The van der Waals surface area contributed by atoms with Crippen molar-refractivity contribution in [3.8, 4) is 0 Å². The van der Waals surface area contributed by atoms with Crippen LogP contribution in [0.4, 0.5) is 0 Å². The van der Waals surface area contributed by atoms with E-state index in [0.29, 0.717) is 15.3 Å². The Hall–Kier alpha value is -1.80. The summed E-state index contributed by atoms with van der Waals surface area (Å²) in [5.41, 5.74) is 0.623. The number of fused-ring (bicyclic) bond motifs is 1.